The van der Waals surface area contributed by atoms with Gasteiger partial charge in [0.2, 0.25) is 0 Å². The predicted octanol–water partition coefficient (Wildman–Crippen LogP) is 2.49. The zero-order valence-corrected chi connectivity index (χ0v) is 11.2. The van der Waals surface area contributed by atoms with E-state index in [9.17, 15) is 4.79 Å². The number of nitrogens with zero attached hydrogens (tertiary/aromatic N) is 2. The molecule has 2 heterocycles. The molecule has 4 heteroatoms. The maximum absolute atomic E-state index is 11.5. The molecule has 0 spiro atoms. The van der Waals surface area contributed by atoms with E-state index >= 15 is 0 Å². The van der Waals surface area contributed by atoms with Gasteiger partial charge in [0.05, 0.1) is 12.7 Å². The van der Waals surface area contributed by atoms with Crippen molar-refractivity contribution in [2.45, 2.75) is 32.7 Å². The lowest BCUT2D eigenvalue weighted by Gasteiger charge is -2.37. The Morgan fingerprint density at radius 3 is 2.94 bits per heavy atom. The highest BCUT2D eigenvalue weighted by molar-refractivity contribution is 5.90. The summed E-state index contributed by atoms with van der Waals surface area (Å²) in [5.41, 5.74) is 0.563. The number of esters is 1. The van der Waals surface area contributed by atoms with Crippen molar-refractivity contribution >= 4 is 11.8 Å². The van der Waals surface area contributed by atoms with Crippen LogP contribution in [0.1, 0.15) is 37.0 Å². The summed E-state index contributed by atoms with van der Waals surface area (Å²) >= 11 is 0. The van der Waals surface area contributed by atoms with Crippen LogP contribution >= 0.6 is 0 Å². The summed E-state index contributed by atoms with van der Waals surface area (Å²) in [5, 5.41) is 0. The fraction of sp³-hybridized carbons (Fsp3) is 0.571. The van der Waals surface area contributed by atoms with Crippen LogP contribution in [-0.4, -0.2) is 30.6 Å². The summed E-state index contributed by atoms with van der Waals surface area (Å²) in [6, 6.07) is 3.97. The van der Waals surface area contributed by atoms with Crippen LogP contribution in [0.3, 0.4) is 0 Å². The second-order valence-electron chi connectivity index (χ2n) is 5.07. The standard InChI is InChI=1S/C14H20N2O2/c1-10-5-7-16(11(2)8-10)13-9-12(4-6-15-13)14(17)18-3/h4,6,9-11H,5,7-8H2,1-3H3. The van der Waals surface area contributed by atoms with Gasteiger partial charge in [-0.15, -0.1) is 0 Å². The van der Waals surface area contributed by atoms with Gasteiger partial charge in [0, 0.05) is 18.8 Å². The Labute approximate surface area is 108 Å². The van der Waals surface area contributed by atoms with E-state index in [2.05, 4.69) is 23.7 Å². The summed E-state index contributed by atoms with van der Waals surface area (Å²) in [5.74, 6) is 1.33. The van der Waals surface area contributed by atoms with Crippen molar-refractivity contribution in [3.8, 4) is 0 Å². The van der Waals surface area contributed by atoms with Gasteiger partial charge < -0.3 is 9.64 Å². The first kappa shape index (κ1) is 12.9. The van der Waals surface area contributed by atoms with Crippen molar-refractivity contribution in [3.05, 3.63) is 23.9 Å². The highest BCUT2D eigenvalue weighted by Crippen LogP contribution is 2.26. The Balaban J connectivity index is 2.20. The number of hydrogen-bond acceptors (Lipinski definition) is 4. The quantitative estimate of drug-likeness (QED) is 0.754. The highest BCUT2D eigenvalue weighted by Gasteiger charge is 2.24. The van der Waals surface area contributed by atoms with Gasteiger partial charge >= 0.3 is 5.97 Å². The van der Waals surface area contributed by atoms with E-state index in [0.717, 1.165) is 18.3 Å². The first-order chi connectivity index (χ1) is 8.61. The van der Waals surface area contributed by atoms with Crippen molar-refractivity contribution in [1.82, 2.24) is 4.98 Å². The van der Waals surface area contributed by atoms with Crippen LogP contribution in [-0.2, 0) is 4.74 Å². The third-order valence-electron chi connectivity index (χ3n) is 3.60. The number of pyridine rings is 1. The topological polar surface area (TPSA) is 42.4 Å². The molecular weight excluding hydrogens is 228 g/mol. The minimum atomic E-state index is -0.309. The first-order valence-corrected chi connectivity index (χ1v) is 6.43. The number of methoxy groups -OCH3 is 1. The molecule has 2 unspecified atom stereocenters. The van der Waals surface area contributed by atoms with E-state index in [1.54, 1.807) is 12.3 Å². The van der Waals surface area contributed by atoms with Gasteiger partial charge in [0.1, 0.15) is 5.82 Å². The summed E-state index contributed by atoms with van der Waals surface area (Å²) < 4.78 is 4.74. The molecular formula is C14H20N2O2. The van der Waals surface area contributed by atoms with E-state index in [1.807, 2.05) is 6.07 Å². The SMILES string of the molecule is COC(=O)c1ccnc(N2CCC(C)CC2C)c1. The van der Waals surface area contributed by atoms with Crippen LogP contribution in [0.25, 0.3) is 0 Å². The van der Waals surface area contributed by atoms with E-state index in [-0.39, 0.29) is 5.97 Å². The zero-order chi connectivity index (χ0) is 13.1. The number of rotatable bonds is 2. The molecule has 0 bridgehead atoms. The van der Waals surface area contributed by atoms with Crippen LogP contribution in [0, 0.1) is 5.92 Å². The van der Waals surface area contributed by atoms with E-state index < -0.39 is 0 Å². The molecule has 0 aliphatic carbocycles. The Morgan fingerprint density at radius 2 is 2.28 bits per heavy atom. The van der Waals surface area contributed by atoms with Crippen molar-refractivity contribution in [2.24, 2.45) is 5.92 Å². The Hall–Kier alpha value is -1.58. The Morgan fingerprint density at radius 1 is 1.50 bits per heavy atom. The van der Waals surface area contributed by atoms with Crippen LogP contribution < -0.4 is 4.90 Å². The highest BCUT2D eigenvalue weighted by atomic mass is 16.5. The van der Waals surface area contributed by atoms with Crippen molar-refractivity contribution in [1.29, 1.82) is 0 Å². The van der Waals surface area contributed by atoms with Gasteiger partial charge in [-0.2, -0.15) is 0 Å². The summed E-state index contributed by atoms with van der Waals surface area (Å²) in [4.78, 5) is 18.2. The van der Waals surface area contributed by atoms with Crippen molar-refractivity contribution in [2.75, 3.05) is 18.6 Å². The van der Waals surface area contributed by atoms with Gasteiger partial charge in [0.15, 0.2) is 0 Å². The summed E-state index contributed by atoms with van der Waals surface area (Å²) in [6.07, 6.45) is 4.02. The second-order valence-corrected chi connectivity index (χ2v) is 5.07. The average molecular weight is 248 g/mol. The Bertz CT molecular complexity index is 434. The molecule has 98 valence electrons. The van der Waals surface area contributed by atoms with Crippen molar-refractivity contribution < 1.29 is 9.53 Å². The van der Waals surface area contributed by atoms with Crippen LogP contribution in [0.5, 0.6) is 0 Å². The molecule has 1 fully saturated rings. The molecule has 1 aromatic rings. The second kappa shape index (κ2) is 5.38. The molecule has 0 N–H and O–H groups in total. The fourth-order valence-corrected chi connectivity index (χ4v) is 2.57. The predicted molar refractivity (Wildman–Crippen MR) is 70.8 cm³/mol. The number of piperidine rings is 1. The van der Waals surface area contributed by atoms with Crippen LogP contribution in [0.4, 0.5) is 5.82 Å². The number of carbonyl (C=O) groups is 1. The molecule has 1 aromatic heterocycles. The van der Waals surface area contributed by atoms with E-state index in [4.69, 9.17) is 4.74 Å². The van der Waals surface area contributed by atoms with Gasteiger partial charge in [-0.1, -0.05) is 6.92 Å². The van der Waals surface area contributed by atoms with Crippen LogP contribution in [0.15, 0.2) is 18.3 Å². The molecule has 18 heavy (non-hydrogen) atoms. The zero-order valence-electron chi connectivity index (χ0n) is 11.2. The lowest BCUT2D eigenvalue weighted by Crippen LogP contribution is -2.40. The maximum Gasteiger partial charge on any atom is 0.338 e. The molecule has 2 atom stereocenters. The number of hydrogen-bond donors (Lipinski definition) is 0. The number of aromatic nitrogens is 1. The summed E-state index contributed by atoms with van der Waals surface area (Å²) in [6.45, 7) is 5.49. The summed E-state index contributed by atoms with van der Waals surface area (Å²) in [7, 11) is 1.40. The monoisotopic (exact) mass is 248 g/mol. The number of anilines is 1. The van der Waals surface area contributed by atoms with Gasteiger partial charge in [-0.3, -0.25) is 0 Å². The van der Waals surface area contributed by atoms with E-state index in [0.29, 0.717) is 11.6 Å². The average Bonchev–Trinajstić information content (AvgIpc) is 2.38. The molecule has 2 rings (SSSR count). The maximum atomic E-state index is 11.5. The molecule has 1 saturated heterocycles. The van der Waals surface area contributed by atoms with Crippen molar-refractivity contribution in [3.63, 3.8) is 0 Å². The molecule has 0 amide bonds. The molecule has 4 nitrogen and oxygen atoms in total. The molecule has 1 aliphatic rings. The smallest absolute Gasteiger partial charge is 0.338 e. The minimum Gasteiger partial charge on any atom is -0.465 e. The molecule has 0 saturated carbocycles. The third kappa shape index (κ3) is 2.63. The number of ether oxygens (including phenoxy) is 1. The van der Waals surface area contributed by atoms with Gasteiger partial charge in [-0.25, -0.2) is 9.78 Å². The largest absolute Gasteiger partial charge is 0.465 e. The van der Waals surface area contributed by atoms with Crippen LogP contribution in [0.2, 0.25) is 0 Å². The molecule has 0 aromatic carbocycles. The lowest BCUT2D eigenvalue weighted by molar-refractivity contribution is 0.0600. The molecule has 1 aliphatic heterocycles. The fourth-order valence-electron chi connectivity index (χ4n) is 2.57. The minimum absolute atomic E-state index is 0.309. The third-order valence-corrected chi connectivity index (χ3v) is 3.60. The van der Waals surface area contributed by atoms with Gasteiger partial charge in [-0.05, 0) is 37.8 Å². The molecule has 0 radical (unpaired) electrons. The lowest BCUT2D eigenvalue weighted by atomic mass is 9.93. The van der Waals surface area contributed by atoms with Gasteiger partial charge in [0.25, 0.3) is 0 Å². The Kier molecular flexibility index (Phi) is 3.84. The van der Waals surface area contributed by atoms with E-state index in [1.165, 1.54) is 20.0 Å². The first-order valence-electron chi connectivity index (χ1n) is 6.43. The number of carbonyl (C=O) groups excluding carboxylic acids is 1. The normalized spacial score (nSPS) is 23.8.